The quantitative estimate of drug-likeness (QED) is 0.282. The molecule has 0 aliphatic rings. The molecule has 29 heavy (non-hydrogen) atoms. The predicted molar refractivity (Wildman–Crippen MR) is 105 cm³/mol. The highest BCUT2D eigenvalue weighted by Crippen LogP contribution is 2.38. The van der Waals surface area contributed by atoms with E-state index in [-0.39, 0.29) is 34.8 Å². The summed E-state index contributed by atoms with van der Waals surface area (Å²) < 4.78 is 10.9. The lowest BCUT2D eigenvalue weighted by Crippen LogP contribution is -2.15. The van der Waals surface area contributed by atoms with Gasteiger partial charge in [0.1, 0.15) is 18.5 Å². The molecule has 0 heterocycles. The van der Waals surface area contributed by atoms with Crippen molar-refractivity contribution < 1.29 is 33.8 Å². The zero-order chi connectivity index (χ0) is 21.4. The fourth-order valence-electron chi connectivity index (χ4n) is 2.71. The topological polar surface area (TPSA) is 107 Å². The van der Waals surface area contributed by atoms with Crippen LogP contribution in [0, 0.1) is 0 Å². The van der Waals surface area contributed by atoms with E-state index in [2.05, 4.69) is 6.58 Å². The summed E-state index contributed by atoms with van der Waals surface area (Å²) in [6.45, 7) is 5.40. The Morgan fingerprint density at radius 1 is 1.10 bits per heavy atom. The van der Waals surface area contributed by atoms with E-state index in [1.54, 1.807) is 0 Å². The molecule has 150 valence electrons. The number of carbonyl (C=O) groups is 4. The Labute approximate surface area is 167 Å². The summed E-state index contributed by atoms with van der Waals surface area (Å²) in [5.41, 5.74) is 0.782. The molecule has 0 aromatic heterocycles. The predicted octanol–water partition coefficient (Wildman–Crippen LogP) is 3.75. The molecular weight excluding hydrogens is 376 g/mol. The molecule has 0 aliphatic heterocycles. The average Bonchev–Trinajstić information content (AvgIpc) is 2.73. The summed E-state index contributed by atoms with van der Waals surface area (Å²) >= 11 is 0. The number of hydrogen-bond acceptors (Lipinski definition) is 6. The van der Waals surface area contributed by atoms with Crippen LogP contribution in [0.25, 0.3) is 0 Å². The molecule has 0 unspecified atom stereocenters. The third kappa shape index (κ3) is 4.95. The first-order valence-corrected chi connectivity index (χ1v) is 8.86. The summed E-state index contributed by atoms with van der Waals surface area (Å²) in [6, 6.07) is 6.93. The molecule has 0 spiro atoms. The van der Waals surface area contributed by atoms with Crippen LogP contribution in [0.2, 0.25) is 0 Å². The summed E-state index contributed by atoms with van der Waals surface area (Å²) in [4.78, 5) is 46.8. The standard InChI is InChI=1S/C22H20O7/c1-3-5-16-11-17(21(25)26)20(19(18(16)13-24)28-10-4-2)29-22(27)15-8-6-14(12-23)7-9-15/h4,6-9,11-13H,2-3,5,10H2,1H3,(H,25,26). The van der Waals surface area contributed by atoms with Crippen molar-refractivity contribution in [2.24, 2.45) is 0 Å². The summed E-state index contributed by atoms with van der Waals surface area (Å²) in [5.74, 6) is -2.66. The largest absolute Gasteiger partial charge is 0.485 e. The maximum Gasteiger partial charge on any atom is 0.343 e. The Kier molecular flexibility index (Phi) is 7.42. The van der Waals surface area contributed by atoms with Crippen molar-refractivity contribution in [3.05, 3.63) is 70.8 Å². The minimum atomic E-state index is -1.33. The van der Waals surface area contributed by atoms with Gasteiger partial charge < -0.3 is 14.6 Å². The van der Waals surface area contributed by atoms with Crippen LogP contribution < -0.4 is 9.47 Å². The number of rotatable bonds is 10. The average molecular weight is 396 g/mol. The Morgan fingerprint density at radius 3 is 2.31 bits per heavy atom. The molecule has 0 radical (unpaired) electrons. The molecule has 0 saturated heterocycles. The third-order valence-electron chi connectivity index (χ3n) is 4.05. The van der Waals surface area contributed by atoms with Gasteiger partial charge in [-0.05, 0) is 30.2 Å². The van der Waals surface area contributed by atoms with Crippen LogP contribution in [0.1, 0.15) is 60.3 Å². The SMILES string of the molecule is C=CCOc1c(C=O)c(CCC)cc(C(=O)O)c1OC(=O)c1ccc(C=O)cc1. The van der Waals surface area contributed by atoms with E-state index < -0.39 is 11.9 Å². The van der Waals surface area contributed by atoms with Crippen LogP contribution in [-0.2, 0) is 6.42 Å². The first-order valence-electron chi connectivity index (χ1n) is 8.86. The van der Waals surface area contributed by atoms with Gasteiger partial charge in [0.15, 0.2) is 17.8 Å². The fourth-order valence-corrected chi connectivity index (χ4v) is 2.71. The normalized spacial score (nSPS) is 10.1. The van der Waals surface area contributed by atoms with Gasteiger partial charge in [0, 0.05) is 5.56 Å². The molecule has 0 atom stereocenters. The van der Waals surface area contributed by atoms with E-state index in [0.29, 0.717) is 36.5 Å². The van der Waals surface area contributed by atoms with Gasteiger partial charge in [-0.1, -0.05) is 38.1 Å². The van der Waals surface area contributed by atoms with Crippen LogP contribution in [-0.4, -0.2) is 36.2 Å². The molecule has 2 aromatic carbocycles. The second-order valence-electron chi connectivity index (χ2n) is 6.06. The number of aldehydes is 2. The van der Waals surface area contributed by atoms with Gasteiger partial charge in [-0.2, -0.15) is 0 Å². The van der Waals surface area contributed by atoms with E-state index in [0.717, 1.165) is 0 Å². The first-order chi connectivity index (χ1) is 14.0. The van der Waals surface area contributed by atoms with Crippen LogP contribution in [0.4, 0.5) is 0 Å². The second kappa shape index (κ2) is 9.98. The zero-order valence-electron chi connectivity index (χ0n) is 15.8. The Hall–Kier alpha value is -3.74. The number of esters is 1. The molecule has 0 saturated carbocycles. The monoisotopic (exact) mass is 396 g/mol. The smallest absolute Gasteiger partial charge is 0.343 e. The minimum Gasteiger partial charge on any atom is -0.485 e. The van der Waals surface area contributed by atoms with Crippen molar-refractivity contribution >= 4 is 24.5 Å². The van der Waals surface area contributed by atoms with Crippen LogP contribution >= 0.6 is 0 Å². The lowest BCUT2D eigenvalue weighted by Gasteiger charge is -2.18. The fraction of sp³-hybridized carbons (Fsp3) is 0.182. The van der Waals surface area contributed by atoms with Gasteiger partial charge in [0.2, 0.25) is 0 Å². The number of carboxylic acid groups (broad SMARTS) is 1. The number of ether oxygens (including phenoxy) is 2. The van der Waals surface area contributed by atoms with Crippen molar-refractivity contribution in [1.29, 1.82) is 0 Å². The summed E-state index contributed by atoms with van der Waals surface area (Å²) in [7, 11) is 0. The van der Waals surface area contributed by atoms with Gasteiger partial charge in [-0.3, -0.25) is 9.59 Å². The molecule has 0 amide bonds. The molecular formula is C22H20O7. The zero-order valence-corrected chi connectivity index (χ0v) is 15.8. The second-order valence-corrected chi connectivity index (χ2v) is 6.06. The highest BCUT2D eigenvalue weighted by atomic mass is 16.6. The molecule has 0 fully saturated rings. The van der Waals surface area contributed by atoms with Crippen molar-refractivity contribution in [1.82, 2.24) is 0 Å². The maximum atomic E-state index is 12.6. The number of carbonyl (C=O) groups excluding carboxylic acids is 3. The van der Waals surface area contributed by atoms with E-state index in [4.69, 9.17) is 9.47 Å². The third-order valence-corrected chi connectivity index (χ3v) is 4.05. The molecule has 7 heteroatoms. The molecule has 0 aliphatic carbocycles. The Balaban J connectivity index is 2.60. The van der Waals surface area contributed by atoms with Crippen molar-refractivity contribution in [3.8, 4) is 11.5 Å². The van der Waals surface area contributed by atoms with Crippen molar-refractivity contribution in [2.45, 2.75) is 19.8 Å². The Morgan fingerprint density at radius 2 is 1.79 bits per heavy atom. The number of aryl methyl sites for hydroxylation is 1. The lowest BCUT2D eigenvalue weighted by molar-refractivity contribution is 0.0676. The van der Waals surface area contributed by atoms with Crippen LogP contribution in [0.3, 0.4) is 0 Å². The highest BCUT2D eigenvalue weighted by Gasteiger charge is 2.26. The highest BCUT2D eigenvalue weighted by molar-refractivity contribution is 5.99. The van der Waals surface area contributed by atoms with E-state index >= 15 is 0 Å². The number of aromatic carboxylic acids is 1. The Bertz CT molecular complexity index is 943. The van der Waals surface area contributed by atoms with Gasteiger partial charge in [0.05, 0.1) is 11.1 Å². The van der Waals surface area contributed by atoms with E-state index in [1.807, 2.05) is 6.92 Å². The maximum absolute atomic E-state index is 12.6. The number of hydrogen-bond donors (Lipinski definition) is 1. The van der Waals surface area contributed by atoms with E-state index in [9.17, 15) is 24.3 Å². The van der Waals surface area contributed by atoms with E-state index in [1.165, 1.54) is 36.4 Å². The lowest BCUT2D eigenvalue weighted by atomic mass is 9.98. The van der Waals surface area contributed by atoms with Crippen LogP contribution in [0.5, 0.6) is 11.5 Å². The first kappa shape index (κ1) is 21.6. The van der Waals surface area contributed by atoms with Crippen molar-refractivity contribution in [3.63, 3.8) is 0 Å². The van der Waals surface area contributed by atoms with Gasteiger partial charge in [-0.15, -0.1) is 0 Å². The van der Waals surface area contributed by atoms with Gasteiger partial charge in [0.25, 0.3) is 0 Å². The number of carboxylic acids is 1. The van der Waals surface area contributed by atoms with Crippen LogP contribution in [0.15, 0.2) is 43.0 Å². The number of benzene rings is 2. The van der Waals surface area contributed by atoms with Gasteiger partial charge >= 0.3 is 11.9 Å². The molecule has 0 bridgehead atoms. The summed E-state index contributed by atoms with van der Waals surface area (Å²) in [5, 5.41) is 9.63. The van der Waals surface area contributed by atoms with Gasteiger partial charge in [-0.25, -0.2) is 9.59 Å². The molecule has 2 aromatic rings. The molecule has 1 N–H and O–H groups in total. The molecule has 7 nitrogen and oxygen atoms in total. The minimum absolute atomic E-state index is 0.0198. The molecule has 2 rings (SSSR count). The summed E-state index contributed by atoms with van der Waals surface area (Å²) in [6.07, 6.45) is 3.71. The van der Waals surface area contributed by atoms with Crippen molar-refractivity contribution in [2.75, 3.05) is 6.61 Å².